The van der Waals surface area contributed by atoms with E-state index in [0.717, 1.165) is 21.5 Å². The van der Waals surface area contributed by atoms with Gasteiger partial charge in [0.1, 0.15) is 12.4 Å². The molecule has 0 atom stereocenters. The van der Waals surface area contributed by atoms with Crippen molar-refractivity contribution in [3.8, 4) is 5.75 Å². The number of rotatable bonds is 3. The van der Waals surface area contributed by atoms with Crippen molar-refractivity contribution >= 4 is 21.6 Å². The third-order valence-electron chi connectivity index (χ3n) is 2.49. The molecule has 3 heteroatoms. The first kappa shape index (κ1) is 12.0. The minimum absolute atomic E-state index is 0.489. The van der Waals surface area contributed by atoms with Gasteiger partial charge in [0, 0.05) is 15.7 Å². The number of nitrogens with two attached hydrogens (primary N) is 1. The summed E-state index contributed by atoms with van der Waals surface area (Å²) in [5, 5.41) is 0. The van der Waals surface area contributed by atoms with Gasteiger partial charge in [0.05, 0.1) is 0 Å². The van der Waals surface area contributed by atoms with E-state index < -0.39 is 0 Å². The maximum Gasteiger partial charge on any atom is 0.120 e. The Hall–Kier alpha value is -1.48. The van der Waals surface area contributed by atoms with E-state index in [4.69, 9.17) is 10.5 Å². The largest absolute Gasteiger partial charge is 0.489 e. The molecule has 2 aromatic rings. The predicted octanol–water partition coefficient (Wildman–Crippen LogP) is 3.92. The average Bonchev–Trinajstić information content (AvgIpc) is 2.28. The Bertz CT molecular complexity index is 525. The number of halogens is 1. The molecule has 0 aromatic heterocycles. The second kappa shape index (κ2) is 5.23. The van der Waals surface area contributed by atoms with Crippen molar-refractivity contribution in [3.63, 3.8) is 0 Å². The molecule has 0 amide bonds. The molecule has 0 radical (unpaired) electrons. The van der Waals surface area contributed by atoms with Gasteiger partial charge in [-0.1, -0.05) is 34.1 Å². The summed E-state index contributed by atoms with van der Waals surface area (Å²) >= 11 is 3.38. The van der Waals surface area contributed by atoms with Gasteiger partial charge >= 0.3 is 0 Å². The quantitative estimate of drug-likeness (QED) is 0.870. The van der Waals surface area contributed by atoms with Crippen LogP contribution < -0.4 is 10.5 Å². The van der Waals surface area contributed by atoms with Gasteiger partial charge in [-0.05, 0) is 36.8 Å². The standard InChI is InChI=1S/C14H14BrNO/c1-10-3-2-4-13(7-10)17-9-11-5-6-12(15)8-14(11)16/h2-8H,9,16H2,1H3. The van der Waals surface area contributed by atoms with E-state index in [0.29, 0.717) is 6.61 Å². The van der Waals surface area contributed by atoms with Gasteiger partial charge in [0.15, 0.2) is 0 Å². The summed E-state index contributed by atoms with van der Waals surface area (Å²) in [6.45, 7) is 2.53. The van der Waals surface area contributed by atoms with E-state index in [-0.39, 0.29) is 0 Å². The summed E-state index contributed by atoms with van der Waals surface area (Å²) in [4.78, 5) is 0. The Morgan fingerprint density at radius 3 is 2.71 bits per heavy atom. The van der Waals surface area contributed by atoms with Crippen molar-refractivity contribution in [2.24, 2.45) is 0 Å². The monoisotopic (exact) mass is 291 g/mol. The summed E-state index contributed by atoms with van der Waals surface area (Å²) < 4.78 is 6.68. The molecule has 2 rings (SSSR count). The van der Waals surface area contributed by atoms with Crippen molar-refractivity contribution < 1.29 is 4.74 Å². The summed E-state index contributed by atoms with van der Waals surface area (Å²) in [7, 11) is 0. The molecule has 0 aliphatic heterocycles. The molecule has 0 saturated carbocycles. The van der Waals surface area contributed by atoms with Crippen LogP contribution in [0.25, 0.3) is 0 Å². The molecular weight excluding hydrogens is 278 g/mol. The molecule has 0 aliphatic carbocycles. The Morgan fingerprint density at radius 2 is 2.00 bits per heavy atom. The van der Waals surface area contributed by atoms with Crippen molar-refractivity contribution in [2.45, 2.75) is 13.5 Å². The fourth-order valence-corrected chi connectivity index (χ4v) is 1.94. The molecule has 2 aromatic carbocycles. The van der Waals surface area contributed by atoms with Crippen LogP contribution in [0.4, 0.5) is 5.69 Å². The molecule has 0 heterocycles. The van der Waals surface area contributed by atoms with Gasteiger partial charge < -0.3 is 10.5 Å². The van der Waals surface area contributed by atoms with Crippen LogP contribution in [0.15, 0.2) is 46.9 Å². The summed E-state index contributed by atoms with van der Waals surface area (Å²) in [5.41, 5.74) is 8.83. The summed E-state index contributed by atoms with van der Waals surface area (Å²) in [5.74, 6) is 0.868. The van der Waals surface area contributed by atoms with E-state index in [1.54, 1.807) is 0 Å². The molecule has 0 saturated heterocycles. The van der Waals surface area contributed by atoms with E-state index in [1.165, 1.54) is 5.56 Å². The maximum atomic E-state index is 5.91. The molecular formula is C14H14BrNO. The Labute approximate surface area is 110 Å². The normalized spacial score (nSPS) is 10.2. The number of nitrogen functional groups attached to an aromatic ring is 1. The number of hydrogen-bond acceptors (Lipinski definition) is 2. The van der Waals surface area contributed by atoms with Crippen LogP contribution >= 0.6 is 15.9 Å². The number of benzene rings is 2. The second-order valence-corrected chi connectivity index (χ2v) is 4.86. The van der Waals surface area contributed by atoms with Crippen molar-refractivity contribution in [2.75, 3.05) is 5.73 Å². The molecule has 2 nitrogen and oxygen atoms in total. The molecule has 88 valence electrons. The molecule has 2 N–H and O–H groups in total. The highest BCUT2D eigenvalue weighted by atomic mass is 79.9. The lowest BCUT2D eigenvalue weighted by molar-refractivity contribution is 0.306. The van der Waals surface area contributed by atoms with Crippen molar-refractivity contribution in [1.29, 1.82) is 0 Å². The molecule has 0 fully saturated rings. The number of anilines is 1. The van der Waals surface area contributed by atoms with Crippen molar-refractivity contribution in [1.82, 2.24) is 0 Å². The predicted molar refractivity (Wildman–Crippen MR) is 74.1 cm³/mol. The minimum atomic E-state index is 0.489. The highest BCUT2D eigenvalue weighted by Gasteiger charge is 2.01. The molecule has 17 heavy (non-hydrogen) atoms. The minimum Gasteiger partial charge on any atom is -0.489 e. The van der Waals surface area contributed by atoms with E-state index >= 15 is 0 Å². The van der Waals surface area contributed by atoms with Gasteiger partial charge in [-0.15, -0.1) is 0 Å². The second-order valence-electron chi connectivity index (χ2n) is 3.95. The van der Waals surface area contributed by atoms with Gasteiger partial charge in [0.25, 0.3) is 0 Å². The lowest BCUT2D eigenvalue weighted by Crippen LogP contribution is -2.00. The van der Waals surface area contributed by atoms with Crippen LogP contribution in [-0.2, 0) is 6.61 Å². The molecule has 0 aliphatic rings. The highest BCUT2D eigenvalue weighted by molar-refractivity contribution is 9.10. The smallest absolute Gasteiger partial charge is 0.120 e. The van der Waals surface area contributed by atoms with Gasteiger partial charge in [-0.2, -0.15) is 0 Å². The average molecular weight is 292 g/mol. The van der Waals surface area contributed by atoms with Crippen LogP contribution in [0.1, 0.15) is 11.1 Å². The Morgan fingerprint density at radius 1 is 1.18 bits per heavy atom. The SMILES string of the molecule is Cc1cccc(OCc2ccc(Br)cc2N)c1. The first-order chi connectivity index (χ1) is 8.15. The maximum absolute atomic E-state index is 5.91. The van der Waals surface area contributed by atoms with Gasteiger partial charge in [0.2, 0.25) is 0 Å². The lowest BCUT2D eigenvalue weighted by Gasteiger charge is -2.09. The third kappa shape index (κ3) is 3.24. The summed E-state index contributed by atoms with van der Waals surface area (Å²) in [6.07, 6.45) is 0. The van der Waals surface area contributed by atoms with Crippen LogP contribution in [0.5, 0.6) is 5.75 Å². The number of hydrogen-bond donors (Lipinski definition) is 1. The molecule has 0 unspecified atom stereocenters. The fourth-order valence-electron chi connectivity index (χ4n) is 1.56. The van der Waals surface area contributed by atoms with Crippen LogP contribution in [0.2, 0.25) is 0 Å². The van der Waals surface area contributed by atoms with E-state index in [1.807, 2.05) is 49.4 Å². The van der Waals surface area contributed by atoms with E-state index in [9.17, 15) is 0 Å². The summed E-state index contributed by atoms with van der Waals surface area (Å²) in [6, 6.07) is 13.8. The van der Waals surface area contributed by atoms with Crippen LogP contribution in [0.3, 0.4) is 0 Å². The first-order valence-corrected chi connectivity index (χ1v) is 6.18. The van der Waals surface area contributed by atoms with Gasteiger partial charge in [-0.25, -0.2) is 0 Å². The topological polar surface area (TPSA) is 35.2 Å². The van der Waals surface area contributed by atoms with Crippen LogP contribution in [-0.4, -0.2) is 0 Å². The Balaban J connectivity index is 2.07. The highest BCUT2D eigenvalue weighted by Crippen LogP contribution is 2.21. The first-order valence-electron chi connectivity index (χ1n) is 5.38. The fraction of sp³-hybridized carbons (Fsp3) is 0.143. The van der Waals surface area contributed by atoms with Crippen LogP contribution in [0, 0.1) is 6.92 Å². The zero-order valence-corrected chi connectivity index (χ0v) is 11.2. The van der Waals surface area contributed by atoms with Gasteiger partial charge in [-0.3, -0.25) is 0 Å². The zero-order valence-electron chi connectivity index (χ0n) is 9.61. The number of ether oxygens (including phenoxy) is 1. The number of aryl methyl sites for hydroxylation is 1. The lowest BCUT2D eigenvalue weighted by atomic mass is 10.2. The van der Waals surface area contributed by atoms with E-state index in [2.05, 4.69) is 15.9 Å². The van der Waals surface area contributed by atoms with Crippen molar-refractivity contribution in [3.05, 3.63) is 58.1 Å². The Kier molecular flexibility index (Phi) is 3.69. The molecule has 0 bridgehead atoms. The molecule has 0 spiro atoms. The third-order valence-corrected chi connectivity index (χ3v) is 2.99. The zero-order chi connectivity index (χ0) is 12.3.